The van der Waals surface area contributed by atoms with Gasteiger partial charge in [0.15, 0.2) is 11.5 Å². The highest BCUT2D eigenvalue weighted by atomic mass is 16.5. The summed E-state index contributed by atoms with van der Waals surface area (Å²) in [5.41, 5.74) is 3.88. The predicted molar refractivity (Wildman–Crippen MR) is 119 cm³/mol. The first-order chi connectivity index (χ1) is 14.7. The van der Waals surface area contributed by atoms with Crippen LogP contribution in [-0.2, 0) is 0 Å². The third-order valence-electron chi connectivity index (χ3n) is 4.36. The molecule has 0 heterocycles. The van der Waals surface area contributed by atoms with Gasteiger partial charge in [0.2, 0.25) is 5.75 Å². The van der Waals surface area contributed by atoms with E-state index in [4.69, 9.17) is 14.2 Å². The normalized spacial score (nSPS) is 10.9. The minimum absolute atomic E-state index is 0.364. The van der Waals surface area contributed by atoms with Crippen molar-refractivity contribution in [3.05, 3.63) is 65.7 Å². The van der Waals surface area contributed by atoms with Gasteiger partial charge in [-0.25, -0.2) is 5.43 Å². The maximum atomic E-state index is 12.7. The number of benzene rings is 3. The second-order valence-electron chi connectivity index (χ2n) is 6.37. The van der Waals surface area contributed by atoms with Crippen molar-refractivity contribution < 1.29 is 19.0 Å². The molecule has 0 saturated heterocycles. The average Bonchev–Trinajstić information content (AvgIpc) is 2.76. The van der Waals surface area contributed by atoms with Crippen molar-refractivity contribution in [2.24, 2.45) is 5.10 Å². The van der Waals surface area contributed by atoms with Crippen molar-refractivity contribution in [2.45, 2.75) is 20.8 Å². The maximum Gasteiger partial charge on any atom is 0.271 e. The first-order valence-corrected chi connectivity index (χ1v) is 10.1. The second kappa shape index (κ2) is 10.3. The summed E-state index contributed by atoms with van der Waals surface area (Å²) in [5, 5.41) is 6.32. The lowest BCUT2D eigenvalue weighted by atomic mass is 10.1. The summed E-state index contributed by atoms with van der Waals surface area (Å²) in [7, 11) is 0. The Bertz CT molecular complexity index is 1010. The summed E-state index contributed by atoms with van der Waals surface area (Å²) in [4.78, 5) is 12.7. The molecular weight excluding hydrogens is 380 g/mol. The van der Waals surface area contributed by atoms with Gasteiger partial charge in [0.05, 0.1) is 26.0 Å². The summed E-state index contributed by atoms with van der Waals surface area (Å²) in [6.45, 7) is 6.97. The van der Waals surface area contributed by atoms with Gasteiger partial charge in [-0.15, -0.1) is 0 Å². The monoisotopic (exact) mass is 406 g/mol. The summed E-state index contributed by atoms with van der Waals surface area (Å²) in [6, 6.07) is 17.3. The van der Waals surface area contributed by atoms with Crippen molar-refractivity contribution in [3.8, 4) is 17.2 Å². The van der Waals surface area contributed by atoms with E-state index in [0.717, 1.165) is 16.3 Å². The molecule has 0 aromatic heterocycles. The van der Waals surface area contributed by atoms with Gasteiger partial charge in [0, 0.05) is 11.1 Å². The number of fused-ring (bicyclic) bond motifs is 1. The molecule has 30 heavy (non-hydrogen) atoms. The van der Waals surface area contributed by atoms with E-state index in [9.17, 15) is 4.79 Å². The van der Waals surface area contributed by atoms with Gasteiger partial charge in [-0.2, -0.15) is 5.10 Å². The molecule has 6 heteroatoms. The Morgan fingerprint density at radius 2 is 1.53 bits per heavy atom. The van der Waals surface area contributed by atoms with Crippen molar-refractivity contribution in [3.63, 3.8) is 0 Å². The van der Waals surface area contributed by atoms with Gasteiger partial charge in [0.1, 0.15) is 0 Å². The SMILES string of the molecule is CCOc1cc(C(=O)N/N=C\c2cccc3ccccc23)cc(OCC)c1OCC. The molecule has 156 valence electrons. The molecular formula is C24H26N2O4. The third-order valence-corrected chi connectivity index (χ3v) is 4.36. The topological polar surface area (TPSA) is 69.2 Å². The van der Waals surface area contributed by atoms with Crippen LogP contribution < -0.4 is 19.6 Å². The van der Waals surface area contributed by atoms with Crippen molar-refractivity contribution in [1.82, 2.24) is 5.43 Å². The van der Waals surface area contributed by atoms with Crippen LogP contribution in [0.3, 0.4) is 0 Å². The summed E-state index contributed by atoms with van der Waals surface area (Å²) in [6.07, 6.45) is 1.64. The summed E-state index contributed by atoms with van der Waals surface area (Å²) < 4.78 is 17.0. The highest BCUT2D eigenvalue weighted by Crippen LogP contribution is 2.39. The molecule has 0 atom stereocenters. The Balaban J connectivity index is 1.84. The molecule has 0 saturated carbocycles. The molecule has 6 nitrogen and oxygen atoms in total. The van der Waals surface area contributed by atoms with Crippen LogP contribution in [0.2, 0.25) is 0 Å². The first-order valence-electron chi connectivity index (χ1n) is 10.1. The van der Waals surface area contributed by atoms with Gasteiger partial charge in [-0.05, 0) is 43.7 Å². The molecule has 0 aliphatic carbocycles. The molecule has 1 amide bonds. The van der Waals surface area contributed by atoms with E-state index >= 15 is 0 Å². The van der Waals surface area contributed by atoms with E-state index in [-0.39, 0.29) is 5.91 Å². The number of ether oxygens (including phenoxy) is 3. The Hall–Kier alpha value is -3.54. The van der Waals surface area contributed by atoms with Crippen molar-refractivity contribution >= 4 is 22.9 Å². The number of rotatable bonds is 9. The van der Waals surface area contributed by atoms with Gasteiger partial charge < -0.3 is 14.2 Å². The number of nitrogens with one attached hydrogen (secondary N) is 1. The van der Waals surface area contributed by atoms with Crippen molar-refractivity contribution in [1.29, 1.82) is 0 Å². The van der Waals surface area contributed by atoms with Crippen LogP contribution in [0, 0.1) is 0 Å². The average molecular weight is 406 g/mol. The van der Waals surface area contributed by atoms with E-state index in [1.54, 1.807) is 18.3 Å². The molecule has 3 aromatic rings. The van der Waals surface area contributed by atoms with E-state index in [2.05, 4.69) is 10.5 Å². The standard InChI is InChI=1S/C24H26N2O4/c1-4-28-21-14-19(15-22(29-5-2)23(21)30-6-3)24(27)26-25-16-18-12-9-11-17-10-7-8-13-20(17)18/h7-16H,4-6H2,1-3H3,(H,26,27)/b25-16-. The van der Waals surface area contributed by atoms with Crippen LogP contribution in [0.1, 0.15) is 36.7 Å². The fraction of sp³-hybridized carbons (Fsp3) is 0.250. The highest BCUT2D eigenvalue weighted by molar-refractivity contribution is 6.01. The lowest BCUT2D eigenvalue weighted by Gasteiger charge is -2.16. The summed E-state index contributed by atoms with van der Waals surface area (Å²) >= 11 is 0. The quantitative estimate of drug-likeness (QED) is 0.409. The number of hydrogen-bond donors (Lipinski definition) is 1. The number of nitrogens with zero attached hydrogens (tertiary/aromatic N) is 1. The van der Waals surface area contributed by atoms with Crippen LogP contribution >= 0.6 is 0 Å². The number of amides is 1. The molecule has 0 bridgehead atoms. The first kappa shape index (κ1) is 21.2. The number of hydrazone groups is 1. The summed E-state index contributed by atoms with van der Waals surface area (Å²) in [5.74, 6) is 1.07. The van der Waals surface area contributed by atoms with Gasteiger partial charge >= 0.3 is 0 Å². The van der Waals surface area contributed by atoms with Crippen LogP contribution in [-0.4, -0.2) is 31.9 Å². The Kier molecular flexibility index (Phi) is 7.27. The zero-order chi connectivity index (χ0) is 21.3. The third kappa shape index (κ3) is 4.89. The van der Waals surface area contributed by atoms with Gasteiger partial charge in [-0.3, -0.25) is 4.79 Å². The minimum atomic E-state index is -0.364. The predicted octanol–water partition coefficient (Wildman–Crippen LogP) is 4.80. The number of carbonyl (C=O) groups is 1. The van der Waals surface area contributed by atoms with Crippen molar-refractivity contribution in [2.75, 3.05) is 19.8 Å². The second-order valence-corrected chi connectivity index (χ2v) is 6.37. The molecule has 0 aliphatic heterocycles. The van der Waals surface area contributed by atoms with Crippen LogP contribution in [0.4, 0.5) is 0 Å². The Labute approximate surface area is 176 Å². The highest BCUT2D eigenvalue weighted by Gasteiger charge is 2.18. The van der Waals surface area contributed by atoms with E-state index < -0.39 is 0 Å². The molecule has 0 unspecified atom stereocenters. The molecule has 3 rings (SSSR count). The molecule has 1 N–H and O–H groups in total. The van der Waals surface area contributed by atoms with Crippen LogP contribution in [0.25, 0.3) is 10.8 Å². The van der Waals surface area contributed by atoms with Gasteiger partial charge in [-0.1, -0.05) is 42.5 Å². The van der Waals surface area contributed by atoms with E-state index in [1.807, 2.05) is 63.2 Å². The van der Waals surface area contributed by atoms with Gasteiger partial charge in [0.25, 0.3) is 5.91 Å². The maximum absolute atomic E-state index is 12.7. The van der Waals surface area contributed by atoms with E-state index in [1.165, 1.54) is 0 Å². The Morgan fingerprint density at radius 3 is 2.20 bits per heavy atom. The lowest BCUT2D eigenvalue weighted by molar-refractivity contribution is 0.0954. The molecule has 0 radical (unpaired) electrons. The lowest BCUT2D eigenvalue weighted by Crippen LogP contribution is -2.18. The fourth-order valence-corrected chi connectivity index (χ4v) is 3.11. The zero-order valence-corrected chi connectivity index (χ0v) is 17.5. The van der Waals surface area contributed by atoms with E-state index in [0.29, 0.717) is 42.6 Å². The largest absolute Gasteiger partial charge is 0.490 e. The number of hydrogen-bond acceptors (Lipinski definition) is 5. The smallest absolute Gasteiger partial charge is 0.271 e. The molecule has 3 aromatic carbocycles. The molecule has 0 spiro atoms. The minimum Gasteiger partial charge on any atom is -0.490 e. The fourth-order valence-electron chi connectivity index (χ4n) is 3.11. The molecule has 0 fully saturated rings. The van der Waals surface area contributed by atoms with Crippen LogP contribution in [0.5, 0.6) is 17.2 Å². The number of carbonyl (C=O) groups excluding carboxylic acids is 1. The van der Waals surface area contributed by atoms with Crippen LogP contribution in [0.15, 0.2) is 59.7 Å². The Morgan fingerprint density at radius 1 is 0.900 bits per heavy atom. The zero-order valence-electron chi connectivity index (χ0n) is 17.5. The molecule has 0 aliphatic rings.